The highest BCUT2D eigenvalue weighted by molar-refractivity contribution is 5.96. The molecular weight excluding hydrogens is 254 g/mol. The van der Waals surface area contributed by atoms with Crippen LogP contribution in [-0.4, -0.2) is 20.9 Å². The number of fused-ring (bicyclic) bond motifs is 1. The number of nitrogen functional groups attached to an aromatic ring is 1. The largest absolute Gasteiger partial charge is 0.345 e. The number of carbonyl (C=O) groups is 1. The number of hydrogen-bond donors (Lipinski definition) is 3. The van der Waals surface area contributed by atoms with Crippen molar-refractivity contribution in [2.45, 2.75) is 6.92 Å². The Labute approximate surface area is 115 Å². The first-order valence-corrected chi connectivity index (χ1v) is 6.12. The van der Waals surface area contributed by atoms with Crippen LogP contribution in [0, 0.1) is 6.92 Å². The molecule has 0 aromatic carbocycles. The summed E-state index contributed by atoms with van der Waals surface area (Å²) >= 11 is 0. The standard InChI is InChI=1S/C14H13N5O/c1-8-9(14(20)19-15)4-5-12(18-8)11-7-17-13-10(11)3-2-6-16-13/h2-7H,15H2,1H3,(H,16,17)(H,19,20). The molecule has 0 atom stereocenters. The highest BCUT2D eigenvalue weighted by Gasteiger charge is 2.12. The van der Waals surface area contributed by atoms with E-state index in [9.17, 15) is 4.79 Å². The Morgan fingerprint density at radius 1 is 1.35 bits per heavy atom. The van der Waals surface area contributed by atoms with Crippen molar-refractivity contribution in [1.82, 2.24) is 20.4 Å². The summed E-state index contributed by atoms with van der Waals surface area (Å²) in [6.45, 7) is 1.78. The van der Waals surface area contributed by atoms with Crippen LogP contribution in [0.5, 0.6) is 0 Å². The Kier molecular flexibility index (Phi) is 2.92. The van der Waals surface area contributed by atoms with Gasteiger partial charge in [-0.1, -0.05) is 0 Å². The van der Waals surface area contributed by atoms with Gasteiger partial charge >= 0.3 is 0 Å². The highest BCUT2D eigenvalue weighted by Crippen LogP contribution is 2.26. The first-order valence-electron chi connectivity index (χ1n) is 6.12. The van der Waals surface area contributed by atoms with Crippen molar-refractivity contribution in [3.63, 3.8) is 0 Å². The minimum Gasteiger partial charge on any atom is -0.345 e. The molecule has 6 heteroatoms. The fraction of sp³-hybridized carbons (Fsp3) is 0.0714. The van der Waals surface area contributed by atoms with Crippen LogP contribution in [0.4, 0.5) is 0 Å². The number of aromatic amines is 1. The highest BCUT2D eigenvalue weighted by atomic mass is 16.2. The Hall–Kier alpha value is -2.73. The minimum atomic E-state index is -0.345. The van der Waals surface area contributed by atoms with Crippen LogP contribution in [0.1, 0.15) is 16.1 Å². The van der Waals surface area contributed by atoms with Gasteiger partial charge in [0.25, 0.3) is 5.91 Å². The van der Waals surface area contributed by atoms with E-state index in [1.54, 1.807) is 25.3 Å². The number of nitrogens with one attached hydrogen (secondary N) is 2. The van der Waals surface area contributed by atoms with Gasteiger partial charge in [0.1, 0.15) is 5.65 Å². The van der Waals surface area contributed by atoms with Gasteiger partial charge in [0.2, 0.25) is 0 Å². The minimum absolute atomic E-state index is 0.345. The van der Waals surface area contributed by atoms with E-state index < -0.39 is 0 Å². The summed E-state index contributed by atoms with van der Waals surface area (Å²) in [6.07, 6.45) is 3.60. The molecule has 0 saturated carbocycles. The molecule has 0 unspecified atom stereocenters. The summed E-state index contributed by atoms with van der Waals surface area (Å²) in [6, 6.07) is 7.37. The van der Waals surface area contributed by atoms with Crippen LogP contribution in [0.3, 0.4) is 0 Å². The van der Waals surface area contributed by atoms with Gasteiger partial charge in [-0.15, -0.1) is 0 Å². The number of hydrogen-bond acceptors (Lipinski definition) is 4. The zero-order valence-corrected chi connectivity index (χ0v) is 10.8. The molecule has 3 heterocycles. The zero-order chi connectivity index (χ0) is 14.1. The van der Waals surface area contributed by atoms with Crippen molar-refractivity contribution < 1.29 is 4.79 Å². The maximum atomic E-state index is 11.6. The molecule has 1 amide bonds. The summed E-state index contributed by atoms with van der Waals surface area (Å²) in [4.78, 5) is 23.4. The molecule has 0 saturated heterocycles. The second-order valence-corrected chi connectivity index (χ2v) is 4.40. The van der Waals surface area contributed by atoms with Crippen molar-refractivity contribution in [3.8, 4) is 11.3 Å². The second kappa shape index (κ2) is 4.75. The average molecular weight is 267 g/mol. The monoisotopic (exact) mass is 267 g/mol. The van der Waals surface area contributed by atoms with E-state index in [1.807, 2.05) is 18.3 Å². The average Bonchev–Trinajstić information content (AvgIpc) is 2.90. The number of nitrogens with zero attached hydrogens (tertiary/aromatic N) is 2. The molecule has 0 radical (unpaired) electrons. The third kappa shape index (κ3) is 1.92. The summed E-state index contributed by atoms with van der Waals surface area (Å²) in [5.41, 5.74) is 5.76. The van der Waals surface area contributed by atoms with Crippen LogP contribution < -0.4 is 11.3 Å². The predicted molar refractivity (Wildman–Crippen MR) is 75.7 cm³/mol. The molecule has 6 nitrogen and oxygen atoms in total. The lowest BCUT2D eigenvalue weighted by Crippen LogP contribution is -2.30. The predicted octanol–water partition coefficient (Wildman–Crippen LogP) is 1.54. The molecule has 0 aliphatic heterocycles. The van der Waals surface area contributed by atoms with Crippen LogP contribution >= 0.6 is 0 Å². The van der Waals surface area contributed by atoms with Crippen LogP contribution in [-0.2, 0) is 0 Å². The first-order chi connectivity index (χ1) is 9.70. The Bertz CT molecular complexity index is 793. The lowest BCUT2D eigenvalue weighted by Gasteiger charge is -2.06. The topological polar surface area (TPSA) is 96.7 Å². The molecule has 3 aromatic heterocycles. The Balaban J connectivity index is 2.11. The molecule has 0 aliphatic carbocycles. The van der Waals surface area contributed by atoms with Gasteiger partial charge in [-0.05, 0) is 31.2 Å². The van der Waals surface area contributed by atoms with E-state index in [0.717, 1.165) is 22.3 Å². The molecule has 100 valence electrons. The number of H-pyrrole nitrogens is 1. The first kappa shape index (κ1) is 12.3. The summed E-state index contributed by atoms with van der Waals surface area (Å²) in [7, 11) is 0. The molecule has 3 rings (SSSR count). The van der Waals surface area contributed by atoms with E-state index in [2.05, 4.69) is 20.4 Å². The number of carbonyl (C=O) groups excluding carboxylic acids is 1. The van der Waals surface area contributed by atoms with Gasteiger partial charge in [0, 0.05) is 23.3 Å². The van der Waals surface area contributed by atoms with Crippen molar-refractivity contribution in [3.05, 3.63) is 47.9 Å². The van der Waals surface area contributed by atoms with E-state index in [1.165, 1.54) is 0 Å². The van der Waals surface area contributed by atoms with Gasteiger partial charge in [-0.3, -0.25) is 15.2 Å². The molecule has 3 aromatic rings. The van der Waals surface area contributed by atoms with Crippen LogP contribution in [0.25, 0.3) is 22.3 Å². The number of hydrazine groups is 1. The molecule has 4 N–H and O–H groups in total. The van der Waals surface area contributed by atoms with E-state index in [0.29, 0.717) is 11.3 Å². The maximum absolute atomic E-state index is 11.6. The van der Waals surface area contributed by atoms with Crippen LogP contribution in [0.15, 0.2) is 36.7 Å². The fourth-order valence-corrected chi connectivity index (χ4v) is 2.20. The van der Waals surface area contributed by atoms with Crippen molar-refractivity contribution >= 4 is 16.9 Å². The molecule has 20 heavy (non-hydrogen) atoms. The lowest BCUT2D eigenvalue weighted by atomic mass is 10.1. The Morgan fingerprint density at radius 2 is 2.20 bits per heavy atom. The third-order valence-corrected chi connectivity index (χ3v) is 3.19. The van der Waals surface area contributed by atoms with E-state index in [-0.39, 0.29) is 5.91 Å². The third-order valence-electron chi connectivity index (χ3n) is 3.19. The summed E-state index contributed by atoms with van der Waals surface area (Å²) < 4.78 is 0. The quantitative estimate of drug-likeness (QED) is 0.373. The zero-order valence-electron chi connectivity index (χ0n) is 10.8. The maximum Gasteiger partial charge on any atom is 0.267 e. The summed E-state index contributed by atoms with van der Waals surface area (Å²) in [5.74, 6) is 4.79. The molecule has 0 aliphatic rings. The number of aryl methyl sites for hydroxylation is 1. The smallest absolute Gasteiger partial charge is 0.267 e. The van der Waals surface area contributed by atoms with Crippen LogP contribution in [0.2, 0.25) is 0 Å². The van der Waals surface area contributed by atoms with E-state index in [4.69, 9.17) is 5.84 Å². The molecular formula is C14H13N5O. The number of pyridine rings is 2. The lowest BCUT2D eigenvalue weighted by molar-refractivity contribution is 0.0952. The van der Waals surface area contributed by atoms with Gasteiger partial charge < -0.3 is 4.98 Å². The van der Waals surface area contributed by atoms with Gasteiger partial charge in [0.15, 0.2) is 0 Å². The van der Waals surface area contributed by atoms with Crippen molar-refractivity contribution in [2.24, 2.45) is 5.84 Å². The number of amides is 1. The molecule has 0 fully saturated rings. The number of rotatable bonds is 2. The van der Waals surface area contributed by atoms with Gasteiger partial charge in [-0.2, -0.15) is 0 Å². The Morgan fingerprint density at radius 3 is 2.95 bits per heavy atom. The number of aromatic nitrogens is 3. The second-order valence-electron chi connectivity index (χ2n) is 4.40. The van der Waals surface area contributed by atoms with Gasteiger partial charge in [0.05, 0.1) is 17.0 Å². The fourth-order valence-electron chi connectivity index (χ4n) is 2.20. The SMILES string of the molecule is Cc1nc(-c2c[nH]c3ncccc23)ccc1C(=O)NN. The van der Waals surface area contributed by atoms with Gasteiger partial charge in [-0.25, -0.2) is 10.8 Å². The number of nitrogens with two attached hydrogens (primary N) is 1. The normalized spacial score (nSPS) is 10.7. The molecule has 0 bridgehead atoms. The summed E-state index contributed by atoms with van der Waals surface area (Å²) in [5, 5.41) is 0.996. The van der Waals surface area contributed by atoms with E-state index >= 15 is 0 Å². The van der Waals surface area contributed by atoms with Crippen molar-refractivity contribution in [1.29, 1.82) is 0 Å². The van der Waals surface area contributed by atoms with Crippen molar-refractivity contribution in [2.75, 3.05) is 0 Å². The molecule has 0 spiro atoms.